The third-order valence-electron chi connectivity index (χ3n) is 2.32. The van der Waals surface area contributed by atoms with Crippen LogP contribution in [0.1, 0.15) is 24.2 Å². The number of hydrogen-bond donors (Lipinski definition) is 2. The number of nitrogens with one attached hydrogen (secondary N) is 1. The van der Waals surface area contributed by atoms with Gasteiger partial charge in [-0.25, -0.2) is 4.98 Å². The van der Waals surface area contributed by atoms with Gasteiger partial charge in [0, 0.05) is 6.20 Å². The minimum absolute atomic E-state index is 0.127. The Bertz CT molecular complexity index is 390. The number of nitrogens with two attached hydrogens (primary N) is 1. The molecule has 0 aliphatic heterocycles. The summed E-state index contributed by atoms with van der Waals surface area (Å²) in [6, 6.07) is 1.53. The van der Waals surface area contributed by atoms with Gasteiger partial charge in [0.05, 0.1) is 16.1 Å². The van der Waals surface area contributed by atoms with Crippen molar-refractivity contribution in [2.45, 2.75) is 19.4 Å². The van der Waals surface area contributed by atoms with Crippen molar-refractivity contribution in [2.24, 2.45) is 0 Å². The van der Waals surface area contributed by atoms with Crippen LogP contribution >= 0.6 is 11.6 Å². The van der Waals surface area contributed by atoms with Gasteiger partial charge in [-0.2, -0.15) is 0 Å². The van der Waals surface area contributed by atoms with Crippen LogP contribution in [0.5, 0.6) is 0 Å². The van der Waals surface area contributed by atoms with Gasteiger partial charge in [-0.1, -0.05) is 11.6 Å². The molecule has 0 amide bonds. The van der Waals surface area contributed by atoms with Gasteiger partial charge >= 0.3 is 0 Å². The molecule has 5 heteroatoms. The molecule has 0 atom stereocenters. The maximum Gasteiger partial charge on any atom is 0.186 e. The fourth-order valence-electron chi connectivity index (χ4n) is 1.08. The van der Waals surface area contributed by atoms with Crippen molar-refractivity contribution in [1.82, 2.24) is 10.3 Å². The van der Waals surface area contributed by atoms with Crippen LogP contribution in [0.3, 0.4) is 0 Å². The first kappa shape index (κ1) is 11.9. The molecule has 0 unspecified atom stereocenters. The van der Waals surface area contributed by atoms with Gasteiger partial charge in [-0.15, -0.1) is 0 Å². The van der Waals surface area contributed by atoms with E-state index in [9.17, 15) is 4.79 Å². The molecule has 82 valence electrons. The summed E-state index contributed by atoms with van der Waals surface area (Å²) in [6.07, 6.45) is 1.42. The molecule has 0 radical (unpaired) electrons. The molecular weight excluding hydrogens is 214 g/mol. The van der Waals surface area contributed by atoms with E-state index in [0.717, 1.165) is 0 Å². The summed E-state index contributed by atoms with van der Waals surface area (Å²) in [5.74, 6) is 0.0743. The number of pyridine rings is 1. The number of anilines is 1. The number of halogens is 1. The van der Waals surface area contributed by atoms with Gasteiger partial charge in [0.25, 0.3) is 0 Å². The van der Waals surface area contributed by atoms with E-state index in [4.69, 9.17) is 17.3 Å². The van der Waals surface area contributed by atoms with Crippen LogP contribution < -0.4 is 11.1 Å². The van der Waals surface area contributed by atoms with Crippen LogP contribution in [0, 0.1) is 0 Å². The van der Waals surface area contributed by atoms with Gasteiger partial charge in [-0.05, 0) is 27.0 Å². The Morgan fingerprint density at radius 2 is 2.20 bits per heavy atom. The molecule has 15 heavy (non-hydrogen) atoms. The highest BCUT2D eigenvalue weighted by molar-refractivity contribution is 6.31. The van der Waals surface area contributed by atoms with Crippen molar-refractivity contribution in [1.29, 1.82) is 0 Å². The number of ketones is 1. The van der Waals surface area contributed by atoms with E-state index in [1.54, 1.807) is 20.9 Å². The number of carbonyl (C=O) groups excluding carboxylic acids is 1. The summed E-state index contributed by atoms with van der Waals surface area (Å²) >= 11 is 5.76. The second-order valence-corrected chi connectivity index (χ2v) is 4.23. The van der Waals surface area contributed by atoms with Crippen molar-refractivity contribution >= 4 is 23.2 Å². The largest absolute Gasteiger partial charge is 0.383 e. The van der Waals surface area contributed by atoms with Crippen molar-refractivity contribution in [3.63, 3.8) is 0 Å². The third-order valence-corrected chi connectivity index (χ3v) is 2.53. The number of nitrogens with zero attached hydrogens (tertiary/aromatic N) is 1. The average molecular weight is 228 g/mol. The number of aromatic nitrogens is 1. The van der Waals surface area contributed by atoms with E-state index in [-0.39, 0.29) is 11.6 Å². The molecule has 0 saturated carbocycles. The molecule has 0 aromatic carbocycles. The molecule has 0 saturated heterocycles. The molecule has 0 aliphatic rings. The van der Waals surface area contributed by atoms with E-state index in [1.165, 1.54) is 12.3 Å². The van der Waals surface area contributed by atoms with E-state index in [0.29, 0.717) is 10.6 Å². The summed E-state index contributed by atoms with van der Waals surface area (Å²) in [5.41, 5.74) is 5.29. The number of carbonyl (C=O) groups is 1. The topological polar surface area (TPSA) is 68.0 Å². The molecule has 1 rings (SSSR count). The number of Topliss-reactive ketones (excluding diaryl/α,β-unsaturated/α-hetero) is 1. The maximum atomic E-state index is 12.0. The van der Waals surface area contributed by atoms with Gasteiger partial charge in [-0.3, -0.25) is 4.79 Å². The Kier molecular flexibility index (Phi) is 3.31. The van der Waals surface area contributed by atoms with Gasteiger partial charge < -0.3 is 11.1 Å². The zero-order chi connectivity index (χ0) is 11.6. The monoisotopic (exact) mass is 227 g/mol. The molecule has 4 nitrogen and oxygen atoms in total. The van der Waals surface area contributed by atoms with Crippen LogP contribution in [-0.2, 0) is 0 Å². The highest BCUT2D eigenvalue weighted by Gasteiger charge is 2.28. The SMILES string of the molecule is CNC(C)(C)C(=O)c1cc(Cl)cnc1N. The molecular formula is C10H14ClN3O. The Morgan fingerprint density at radius 3 is 2.73 bits per heavy atom. The van der Waals surface area contributed by atoms with Crippen molar-refractivity contribution < 1.29 is 4.79 Å². The van der Waals surface area contributed by atoms with E-state index in [2.05, 4.69) is 10.3 Å². The average Bonchev–Trinajstić information content (AvgIpc) is 2.20. The number of hydrogen-bond acceptors (Lipinski definition) is 4. The van der Waals surface area contributed by atoms with Gasteiger partial charge in [0.1, 0.15) is 5.82 Å². The standard InChI is InChI=1S/C10H14ClN3O/c1-10(2,13-3)8(15)7-4-6(11)5-14-9(7)12/h4-5,13H,1-3H3,(H2,12,14). The van der Waals surface area contributed by atoms with Crippen molar-refractivity contribution in [3.05, 3.63) is 22.8 Å². The zero-order valence-electron chi connectivity index (χ0n) is 8.97. The first-order valence-corrected chi connectivity index (χ1v) is 4.91. The summed E-state index contributed by atoms with van der Waals surface area (Å²) in [4.78, 5) is 15.9. The van der Waals surface area contributed by atoms with Crippen LogP contribution in [-0.4, -0.2) is 23.4 Å². The minimum Gasteiger partial charge on any atom is -0.383 e. The first-order chi connectivity index (χ1) is 6.88. The minimum atomic E-state index is -0.680. The smallest absolute Gasteiger partial charge is 0.186 e. The highest BCUT2D eigenvalue weighted by atomic mass is 35.5. The molecule has 0 fully saturated rings. The van der Waals surface area contributed by atoms with E-state index in [1.807, 2.05) is 0 Å². The molecule has 1 aromatic rings. The fraction of sp³-hybridized carbons (Fsp3) is 0.400. The predicted octanol–water partition coefficient (Wildman–Crippen LogP) is 1.50. The summed E-state index contributed by atoms with van der Waals surface area (Å²) in [5, 5.41) is 3.31. The third kappa shape index (κ3) is 2.46. The summed E-state index contributed by atoms with van der Waals surface area (Å²) in [7, 11) is 1.71. The Morgan fingerprint density at radius 1 is 1.60 bits per heavy atom. The Hall–Kier alpha value is -1.13. The molecule has 3 N–H and O–H groups in total. The molecule has 0 spiro atoms. The van der Waals surface area contributed by atoms with Gasteiger partial charge in [0.15, 0.2) is 5.78 Å². The molecule has 0 bridgehead atoms. The number of rotatable bonds is 3. The lowest BCUT2D eigenvalue weighted by Gasteiger charge is -2.22. The Labute approximate surface area is 93.8 Å². The van der Waals surface area contributed by atoms with E-state index >= 15 is 0 Å². The predicted molar refractivity (Wildman–Crippen MR) is 61.1 cm³/mol. The number of likely N-dealkylation sites (N-methyl/N-ethyl adjacent to an activating group) is 1. The lowest BCUT2D eigenvalue weighted by atomic mass is 9.94. The lowest BCUT2D eigenvalue weighted by Crippen LogP contribution is -2.44. The first-order valence-electron chi connectivity index (χ1n) is 4.53. The molecule has 0 aliphatic carbocycles. The quantitative estimate of drug-likeness (QED) is 0.768. The van der Waals surface area contributed by atoms with Crippen molar-refractivity contribution in [3.8, 4) is 0 Å². The van der Waals surface area contributed by atoms with Gasteiger partial charge in [0.2, 0.25) is 0 Å². The van der Waals surface area contributed by atoms with Crippen LogP contribution in [0.25, 0.3) is 0 Å². The lowest BCUT2D eigenvalue weighted by molar-refractivity contribution is 0.0890. The molecule has 1 heterocycles. The summed E-state index contributed by atoms with van der Waals surface area (Å²) in [6.45, 7) is 3.55. The second-order valence-electron chi connectivity index (χ2n) is 3.79. The van der Waals surface area contributed by atoms with Crippen LogP contribution in [0.4, 0.5) is 5.82 Å². The number of nitrogen functional groups attached to an aromatic ring is 1. The van der Waals surface area contributed by atoms with Crippen LogP contribution in [0.2, 0.25) is 5.02 Å². The normalized spacial score (nSPS) is 11.5. The van der Waals surface area contributed by atoms with Crippen molar-refractivity contribution in [2.75, 3.05) is 12.8 Å². The van der Waals surface area contributed by atoms with E-state index < -0.39 is 5.54 Å². The highest BCUT2D eigenvalue weighted by Crippen LogP contribution is 2.20. The maximum absolute atomic E-state index is 12.0. The fourth-order valence-corrected chi connectivity index (χ4v) is 1.24. The second kappa shape index (κ2) is 4.16. The Balaban J connectivity index is 3.17. The molecule has 1 aromatic heterocycles. The van der Waals surface area contributed by atoms with Crippen LogP contribution in [0.15, 0.2) is 12.3 Å². The summed E-state index contributed by atoms with van der Waals surface area (Å²) < 4.78 is 0. The zero-order valence-corrected chi connectivity index (χ0v) is 9.72.